The molecule has 1 rings (SSSR count). The van der Waals surface area contributed by atoms with Crippen molar-refractivity contribution in [3.8, 4) is 0 Å². The zero-order valence-electron chi connectivity index (χ0n) is 7.64. The Morgan fingerprint density at radius 3 is 2.50 bits per heavy atom. The van der Waals surface area contributed by atoms with Crippen LogP contribution in [0.3, 0.4) is 0 Å². The fourth-order valence-corrected chi connectivity index (χ4v) is 1.42. The minimum Gasteiger partial charge on any atom is -0.258 e. The number of nitrogens with zero attached hydrogens (tertiary/aromatic N) is 1. The van der Waals surface area contributed by atoms with E-state index in [4.69, 9.17) is 0 Å². The summed E-state index contributed by atoms with van der Waals surface area (Å²) in [6.07, 6.45) is 4.91. The molecular formula is C10H16N2. The van der Waals surface area contributed by atoms with Gasteiger partial charge in [0.25, 0.3) is 0 Å². The predicted octanol–water partition coefficient (Wildman–Crippen LogP) is 1.50. The molecule has 0 saturated carbocycles. The summed E-state index contributed by atoms with van der Waals surface area (Å²) < 4.78 is 0. The molecule has 1 aliphatic heterocycles. The summed E-state index contributed by atoms with van der Waals surface area (Å²) in [7, 11) is 1.94. The van der Waals surface area contributed by atoms with Crippen molar-refractivity contribution in [1.82, 2.24) is 10.4 Å². The maximum absolute atomic E-state index is 3.79. The van der Waals surface area contributed by atoms with Gasteiger partial charge in [-0.25, -0.2) is 5.01 Å². The first kappa shape index (κ1) is 9.23. The van der Waals surface area contributed by atoms with E-state index in [0.717, 1.165) is 19.5 Å². The van der Waals surface area contributed by atoms with Crippen LogP contribution < -0.4 is 5.43 Å². The lowest BCUT2D eigenvalue weighted by atomic mass is 10.0. The van der Waals surface area contributed by atoms with E-state index in [-0.39, 0.29) is 0 Å². The van der Waals surface area contributed by atoms with Crippen LogP contribution in [0.1, 0.15) is 6.42 Å². The van der Waals surface area contributed by atoms with E-state index < -0.39 is 0 Å². The average molecular weight is 164 g/mol. The van der Waals surface area contributed by atoms with Crippen LogP contribution in [0, 0.1) is 0 Å². The van der Waals surface area contributed by atoms with Crippen molar-refractivity contribution in [3.63, 3.8) is 0 Å². The summed E-state index contributed by atoms with van der Waals surface area (Å²) in [6.45, 7) is 9.56. The molecule has 0 saturated heterocycles. The predicted molar refractivity (Wildman–Crippen MR) is 52.7 cm³/mol. The van der Waals surface area contributed by atoms with Gasteiger partial charge in [-0.1, -0.05) is 25.3 Å². The first-order valence-electron chi connectivity index (χ1n) is 4.21. The zero-order valence-corrected chi connectivity index (χ0v) is 7.64. The molecule has 1 aliphatic rings. The Labute approximate surface area is 74.2 Å². The summed E-state index contributed by atoms with van der Waals surface area (Å²) in [6, 6.07) is 0. The van der Waals surface area contributed by atoms with Gasteiger partial charge in [0.05, 0.1) is 0 Å². The molecule has 0 aromatic heterocycles. The van der Waals surface area contributed by atoms with E-state index >= 15 is 0 Å². The average Bonchev–Trinajstić information content (AvgIpc) is 2.16. The second-order valence-electron chi connectivity index (χ2n) is 2.85. The second-order valence-corrected chi connectivity index (χ2v) is 2.85. The lowest BCUT2D eigenvalue weighted by Crippen LogP contribution is -2.39. The molecule has 66 valence electrons. The highest BCUT2D eigenvalue weighted by molar-refractivity contribution is 5.34. The van der Waals surface area contributed by atoms with Gasteiger partial charge >= 0.3 is 0 Å². The largest absolute Gasteiger partial charge is 0.258 e. The fourth-order valence-electron chi connectivity index (χ4n) is 1.42. The molecule has 0 radical (unpaired) electrons. The Balaban J connectivity index is 2.76. The van der Waals surface area contributed by atoms with Gasteiger partial charge in [0.15, 0.2) is 0 Å². The number of hydrazine groups is 1. The standard InChI is InChI=1S/C10H16N2/c1-4-9-6-7-12(11-3)8-10(9)5-2/h4-5,11H,1-2,6-8H2,3H3. The van der Waals surface area contributed by atoms with Crippen molar-refractivity contribution in [1.29, 1.82) is 0 Å². The van der Waals surface area contributed by atoms with Crippen LogP contribution in [0.4, 0.5) is 0 Å². The van der Waals surface area contributed by atoms with Crippen LogP contribution in [0.25, 0.3) is 0 Å². The highest BCUT2D eigenvalue weighted by Crippen LogP contribution is 2.17. The van der Waals surface area contributed by atoms with Crippen LogP contribution in [0.2, 0.25) is 0 Å². The van der Waals surface area contributed by atoms with Crippen molar-refractivity contribution in [2.24, 2.45) is 0 Å². The van der Waals surface area contributed by atoms with Crippen LogP contribution in [-0.4, -0.2) is 25.1 Å². The molecule has 12 heavy (non-hydrogen) atoms. The first-order valence-corrected chi connectivity index (χ1v) is 4.21. The molecule has 0 atom stereocenters. The Morgan fingerprint density at radius 1 is 1.33 bits per heavy atom. The van der Waals surface area contributed by atoms with Gasteiger partial charge < -0.3 is 0 Å². The highest BCUT2D eigenvalue weighted by atomic mass is 15.5. The van der Waals surface area contributed by atoms with Crippen LogP contribution in [0.15, 0.2) is 36.5 Å². The Morgan fingerprint density at radius 2 is 2.00 bits per heavy atom. The van der Waals surface area contributed by atoms with E-state index in [2.05, 4.69) is 23.6 Å². The van der Waals surface area contributed by atoms with E-state index in [1.54, 1.807) is 0 Å². The molecule has 0 bridgehead atoms. The number of hydrogen-bond donors (Lipinski definition) is 1. The summed E-state index contributed by atoms with van der Waals surface area (Å²) >= 11 is 0. The molecule has 1 heterocycles. The molecule has 0 aromatic rings. The van der Waals surface area contributed by atoms with E-state index in [9.17, 15) is 0 Å². The third-order valence-corrected chi connectivity index (χ3v) is 2.23. The molecule has 0 unspecified atom stereocenters. The van der Waals surface area contributed by atoms with Gasteiger partial charge in [0.1, 0.15) is 0 Å². The van der Waals surface area contributed by atoms with E-state index in [0.29, 0.717) is 0 Å². The molecule has 0 aliphatic carbocycles. The molecule has 0 fully saturated rings. The topological polar surface area (TPSA) is 15.3 Å². The van der Waals surface area contributed by atoms with E-state index in [1.165, 1.54) is 11.1 Å². The molecule has 2 heteroatoms. The quantitative estimate of drug-likeness (QED) is 0.680. The van der Waals surface area contributed by atoms with Gasteiger partial charge in [-0.15, -0.1) is 0 Å². The smallest absolute Gasteiger partial charge is 0.0384 e. The first-order chi connectivity index (χ1) is 5.81. The van der Waals surface area contributed by atoms with Crippen molar-refractivity contribution in [2.45, 2.75) is 6.42 Å². The fraction of sp³-hybridized carbons (Fsp3) is 0.400. The summed E-state index contributed by atoms with van der Waals surface area (Å²) in [5.74, 6) is 0. The number of hydrogen-bond acceptors (Lipinski definition) is 2. The SMILES string of the molecule is C=CC1=C(C=C)CN(NC)CC1. The Hall–Kier alpha value is -0.860. The maximum atomic E-state index is 3.79. The second kappa shape index (κ2) is 4.24. The maximum Gasteiger partial charge on any atom is 0.0384 e. The van der Waals surface area contributed by atoms with Crippen LogP contribution >= 0.6 is 0 Å². The third-order valence-electron chi connectivity index (χ3n) is 2.23. The Kier molecular flexibility index (Phi) is 3.26. The Bertz CT molecular complexity index is 216. The summed E-state index contributed by atoms with van der Waals surface area (Å²) in [5.41, 5.74) is 5.74. The van der Waals surface area contributed by atoms with Gasteiger partial charge in [0.2, 0.25) is 0 Å². The minimum absolute atomic E-state index is 0.932. The van der Waals surface area contributed by atoms with Crippen LogP contribution in [-0.2, 0) is 0 Å². The molecular weight excluding hydrogens is 148 g/mol. The lowest BCUT2D eigenvalue weighted by Gasteiger charge is -2.27. The zero-order chi connectivity index (χ0) is 8.97. The van der Waals surface area contributed by atoms with Crippen molar-refractivity contribution in [2.75, 3.05) is 20.1 Å². The summed E-state index contributed by atoms with van der Waals surface area (Å²) in [4.78, 5) is 0. The number of allylic oxidation sites excluding steroid dienone is 1. The number of nitrogens with one attached hydrogen (secondary N) is 1. The van der Waals surface area contributed by atoms with Crippen LogP contribution in [0.5, 0.6) is 0 Å². The van der Waals surface area contributed by atoms with Gasteiger partial charge in [-0.3, -0.25) is 5.43 Å². The van der Waals surface area contributed by atoms with Gasteiger partial charge in [-0.05, 0) is 24.6 Å². The highest BCUT2D eigenvalue weighted by Gasteiger charge is 2.13. The third kappa shape index (κ3) is 1.84. The number of rotatable bonds is 3. The molecule has 2 nitrogen and oxygen atoms in total. The normalized spacial score (nSPS) is 19.4. The molecule has 0 spiro atoms. The van der Waals surface area contributed by atoms with E-state index in [1.807, 2.05) is 19.2 Å². The minimum atomic E-state index is 0.932. The van der Waals surface area contributed by atoms with Crippen molar-refractivity contribution >= 4 is 0 Å². The molecule has 0 aromatic carbocycles. The molecule has 0 amide bonds. The summed E-state index contributed by atoms with van der Waals surface area (Å²) in [5, 5.41) is 2.17. The van der Waals surface area contributed by atoms with Gasteiger partial charge in [0, 0.05) is 13.1 Å². The van der Waals surface area contributed by atoms with Gasteiger partial charge in [-0.2, -0.15) is 0 Å². The van der Waals surface area contributed by atoms with Crippen molar-refractivity contribution in [3.05, 3.63) is 36.5 Å². The molecule has 1 N–H and O–H groups in total. The lowest BCUT2D eigenvalue weighted by molar-refractivity contribution is 0.221. The monoisotopic (exact) mass is 164 g/mol. The van der Waals surface area contributed by atoms with Crippen molar-refractivity contribution < 1.29 is 0 Å².